The van der Waals surface area contributed by atoms with E-state index in [9.17, 15) is 0 Å². The van der Waals surface area contributed by atoms with Crippen LogP contribution in [0.1, 0.15) is 30.5 Å². The van der Waals surface area contributed by atoms with Crippen LogP contribution in [0.4, 0.5) is 0 Å². The number of ether oxygens (including phenoxy) is 1. The molecule has 1 aromatic rings. The molecule has 0 bridgehead atoms. The van der Waals surface area contributed by atoms with E-state index in [1.54, 1.807) is 7.11 Å². The summed E-state index contributed by atoms with van der Waals surface area (Å²) in [5.74, 6) is 0. The summed E-state index contributed by atoms with van der Waals surface area (Å²) in [6.45, 7) is 5.86. The number of hydrogen-bond donors (Lipinski definition) is 1. The second-order valence-corrected chi connectivity index (χ2v) is 4.32. The molecule has 0 amide bonds. The van der Waals surface area contributed by atoms with E-state index in [-0.39, 0.29) is 6.04 Å². The lowest BCUT2D eigenvalue weighted by Crippen LogP contribution is -2.26. The smallest absolute Gasteiger partial charge is 0.0657 e. The maximum absolute atomic E-state index is 6.12. The Hall–Kier alpha value is -0.570. The molecule has 1 N–H and O–H groups in total. The van der Waals surface area contributed by atoms with Crippen molar-refractivity contribution in [3.8, 4) is 0 Å². The van der Waals surface area contributed by atoms with Gasteiger partial charge in [-0.25, -0.2) is 0 Å². The van der Waals surface area contributed by atoms with Crippen molar-refractivity contribution in [1.29, 1.82) is 0 Å². The molecule has 0 spiro atoms. The van der Waals surface area contributed by atoms with Crippen LogP contribution in [-0.4, -0.2) is 20.3 Å². The maximum atomic E-state index is 6.12. The van der Waals surface area contributed by atoms with E-state index in [0.717, 1.165) is 23.6 Å². The summed E-state index contributed by atoms with van der Waals surface area (Å²) < 4.78 is 5.24. The molecule has 0 heterocycles. The Morgan fingerprint density at radius 2 is 2.19 bits per heavy atom. The number of halogens is 1. The van der Waals surface area contributed by atoms with E-state index in [4.69, 9.17) is 16.3 Å². The molecule has 1 atom stereocenters. The van der Waals surface area contributed by atoms with Gasteiger partial charge in [-0.3, -0.25) is 0 Å². The summed E-state index contributed by atoms with van der Waals surface area (Å²) in [6, 6.07) is 6.24. The lowest BCUT2D eigenvalue weighted by molar-refractivity contribution is 0.167. The van der Waals surface area contributed by atoms with Gasteiger partial charge in [0, 0.05) is 12.1 Å². The summed E-state index contributed by atoms with van der Waals surface area (Å²) in [5, 5.41) is 4.29. The molecule has 0 saturated heterocycles. The topological polar surface area (TPSA) is 21.3 Å². The number of benzene rings is 1. The van der Waals surface area contributed by atoms with Gasteiger partial charge in [0.05, 0.1) is 12.6 Å². The zero-order valence-electron chi connectivity index (χ0n) is 10.2. The SMILES string of the molecule is CCCNC(COC)c1cccc(Cl)c1C. The van der Waals surface area contributed by atoms with Crippen LogP contribution in [0.5, 0.6) is 0 Å². The van der Waals surface area contributed by atoms with Gasteiger partial charge in [0.25, 0.3) is 0 Å². The van der Waals surface area contributed by atoms with Crippen LogP contribution in [0.3, 0.4) is 0 Å². The molecule has 1 aromatic carbocycles. The van der Waals surface area contributed by atoms with Crippen molar-refractivity contribution in [1.82, 2.24) is 5.32 Å². The minimum Gasteiger partial charge on any atom is -0.383 e. The Labute approximate surface area is 103 Å². The van der Waals surface area contributed by atoms with Crippen molar-refractivity contribution < 1.29 is 4.74 Å². The van der Waals surface area contributed by atoms with E-state index in [2.05, 4.69) is 18.3 Å². The van der Waals surface area contributed by atoms with Crippen LogP contribution in [0.15, 0.2) is 18.2 Å². The van der Waals surface area contributed by atoms with Crippen LogP contribution >= 0.6 is 11.6 Å². The molecule has 2 nitrogen and oxygen atoms in total. The molecule has 0 aliphatic carbocycles. The van der Waals surface area contributed by atoms with Crippen LogP contribution in [0, 0.1) is 6.92 Å². The van der Waals surface area contributed by atoms with Crippen molar-refractivity contribution in [2.24, 2.45) is 0 Å². The molecule has 3 heteroatoms. The van der Waals surface area contributed by atoms with Gasteiger partial charge in [0.2, 0.25) is 0 Å². The van der Waals surface area contributed by atoms with Crippen molar-refractivity contribution in [3.63, 3.8) is 0 Å². The van der Waals surface area contributed by atoms with Gasteiger partial charge in [-0.15, -0.1) is 0 Å². The van der Waals surface area contributed by atoms with E-state index >= 15 is 0 Å². The van der Waals surface area contributed by atoms with Gasteiger partial charge in [-0.1, -0.05) is 30.7 Å². The highest BCUT2D eigenvalue weighted by Gasteiger charge is 2.13. The molecule has 16 heavy (non-hydrogen) atoms. The number of nitrogens with one attached hydrogen (secondary N) is 1. The number of rotatable bonds is 6. The predicted molar refractivity (Wildman–Crippen MR) is 69.1 cm³/mol. The summed E-state index contributed by atoms with van der Waals surface area (Å²) in [5.41, 5.74) is 2.36. The summed E-state index contributed by atoms with van der Waals surface area (Å²) in [6.07, 6.45) is 1.11. The van der Waals surface area contributed by atoms with Gasteiger partial charge in [0.1, 0.15) is 0 Å². The fourth-order valence-electron chi connectivity index (χ4n) is 1.75. The van der Waals surface area contributed by atoms with E-state index in [0.29, 0.717) is 6.61 Å². The first kappa shape index (κ1) is 13.5. The molecule has 1 rings (SSSR count). The average molecular weight is 242 g/mol. The average Bonchev–Trinajstić information content (AvgIpc) is 2.28. The van der Waals surface area contributed by atoms with E-state index in [1.807, 2.05) is 19.1 Å². The zero-order valence-corrected chi connectivity index (χ0v) is 11.0. The molecule has 0 aliphatic heterocycles. The third-order valence-corrected chi connectivity index (χ3v) is 3.07. The first-order chi connectivity index (χ1) is 7.70. The number of methoxy groups -OCH3 is 1. The molecular weight excluding hydrogens is 222 g/mol. The van der Waals surface area contributed by atoms with Crippen LogP contribution in [0.25, 0.3) is 0 Å². The molecule has 0 aromatic heterocycles. The first-order valence-corrected chi connectivity index (χ1v) is 6.05. The van der Waals surface area contributed by atoms with E-state index in [1.165, 1.54) is 5.56 Å². The molecular formula is C13H20ClNO. The summed E-state index contributed by atoms with van der Waals surface area (Å²) >= 11 is 6.12. The van der Waals surface area contributed by atoms with Crippen LogP contribution in [-0.2, 0) is 4.74 Å². The van der Waals surface area contributed by atoms with Gasteiger partial charge in [0.15, 0.2) is 0 Å². The highest BCUT2D eigenvalue weighted by atomic mass is 35.5. The monoisotopic (exact) mass is 241 g/mol. The standard InChI is InChI=1S/C13H20ClNO/c1-4-8-15-13(9-16-3)11-6-5-7-12(14)10(11)2/h5-7,13,15H,4,8-9H2,1-3H3. The highest BCUT2D eigenvalue weighted by molar-refractivity contribution is 6.31. The molecule has 0 saturated carbocycles. The molecule has 1 unspecified atom stereocenters. The van der Waals surface area contributed by atoms with Crippen molar-refractivity contribution in [2.75, 3.05) is 20.3 Å². The van der Waals surface area contributed by atoms with Gasteiger partial charge in [-0.2, -0.15) is 0 Å². The Morgan fingerprint density at radius 3 is 2.81 bits per heavy atom. The predicted octanol–water partition coefficient (Wildman–Crippen LogP) is 3.34. The lowest BCUT2D eigenvalue weighted by Gasteiger charge is -2.20. The summed E-state index contributed by atoms with van der Waals surface area (Å²) in [4.78, 5) is 0. The number of hydrogen-bond acceptors (Lipinski definition) is 2. The lowest BCUT2D eigenvalue weighted by atomic mass is 10.0. The van der Waals surface area contributed by atoms with Crippen LogP contribution in [0.2, 0.25) is 5.02 Å². The van der Waals surface area contributed by atoms with Crippen molar-refractivity contribution in [3.05, 3.63) is 34.3 Å². The minimum atomic E-state index is 0.226. The normalized spacial score (nSPS) is 12.8. The Balaban J connectivity index is 2.86. The highest BCUT2D eigenvalue weighted by Crippen LogP contribution is 2.24. The second kappa shape index (κ2) is 6.89. The van der Waals surface area contributed by atoms with E-state index < -0.39 is 0 Å². The van der Waals surface area contributed by atoms with Crippen molar-refractivity contribution >= 4 is 11.6 Å². The van der Waals surface area contributed by atoms with Gasteiger partial charge in [-0.05, 0) is 37.1 Å². The van der Waals surface area contributed by atoms with Gasteiger partial charge >= 0.3 is 0 Å². The van der Waals surface area contributed by atoms with Crippen LogP contribution < -0.4 is 5.32 Å². The minimum absolute atomic E-state index is 0.226. The van der Waals surface area contributed by atoms with Gasteiger partial charge < -0.3 is 10.1 Å². The largest absolute Gasteiger partial charge is 0.383 e. The fourth-order valence-corrected chi connectivity index (χ4v) is 1.93. The van der Waals surface area contributed by atoms with Crippen molar-refractivity contribution in [2.45, 2.75) is 26.3 Å². The Morgan fingerprint density at radius 1 is 1.44 bits per heavy atom. The third-order valence-electron chi connectivity index (χ3n) is 2.66. The Bertz CT molecular complexity index is 328. The first-order valence-electron chi connectivity index (χ1n) is 5.68. The Kier molecular flexibility index (Phi) is 5.81. The third kappa shape index (κ3) is 3.48. The fraction of sp³-hybridized carbons (Fsp3) is 0.538. The zero-order chi connectivity index (χ0) is 12.0. The molecule has 0 radical (unpaired) electrons. The molecule has 0 fully saturated rings. The molecule has 0 aliphatic rings. The maximum Gasteiger partial charge on any atom is 0.0657 e. The second-order valence-electron chi connectivity index (χ2n) is 3.92. The quantitative estimate of drug-likeness (QED) is 0.825. The summed E-state index contributed by atoms with van der Waals surface area (Å²) in [7, 11) is 1.72. The molecule has 90 valence electrons.